The van der Waals surface area contributed by atoms with Crippen LogP contribution in [0.4, 0.5) is 5.69 Å². The summed E-state index contributed by atoms with van der Waals surface area (Å²) in [5.41, 5.74) is 4.11. The topological polar surface area (TPSA) is 12.0 Å². The Morgan fingerprint density at radius 2 is 2.07 bits per heavy atom. The molecule has 14 heavy (non-hydrogen) atoms. The quantitative estimate of drug-likeness (QED) is 0.755. The van der Waals surface area contributed by atoms with Gasteiger partial charge in [-0.05, 0) is 43.5 Å². The van der Waals surface area contributed by atoms with Gasteiger partial charge in [-0.1, -0.05) is 6.92 Å². The van der Waals surface area contributed by atoms with E-state index >= 15 is 0 Å². The summed E-state index contributed by atoms with van der Waals surface area (Å²) in [5.74, 6) is 1.20. The normalized spacial score (nSPS) is 20.1. The fourth-order valence-electron chi connectivity index (χ4n) is 1.69. The summed E-state index contributed by atoms with van der Waals surface area (Å²) in [4.78, 5) is 1.41. The number of rotatable bonds is 1. The Morgan fingerprint density at radius 3 is 2.79 bits per heavy atom. The highest BCUT2D eigenvalue weighted by Gasteiger charge is 2.17. The van der Waals surface area contributed by atoms with Crippen molar-refractivity contribution in [2.45, 2.75) is 38.1 Å². The molecule has 1 aliphatic rings. The van der Waals surface area contributed by atoms with Crippen LogP contribution in [0.15, 0.2) is 17.0 Å². The molecule has 0 saturated carbocycles. The maximum Gasteiger partial charge on any atom is 0.0483 e. The summed E-state index contributed by atoms with van der Waals surface area (Å²) in [6, 6.07) is 5.22. The van der Waals surface area contributed by atoms with Crippen LogP contribution in [0, 0.1) is 13.8 Å². The van der Waals surface area contributed by atoms with E-state index in [4.69, 9.17) is 0 Å². The number of aryl methyl sites for hydroxylation is 2. The number of thioether (sulfide) groups is 1. The molecule has 0 spiro atoms. The molecular weight excluding hydrogens is 190 g/mol. The molecule has 1 unspecified atom stereocenters. The van der Waals surface area contributed by atoms with E-state index in [0.29, 0.717) is 6.04 Å². The molecule has 1 aromatic carbocycles. The highest BCUT2D eigenvalue weighted by Crippen LogP contribution is 2.35. The zero-order valence-electron chi connectivity index (χ0n) is 9.05. The first kappa shape index (κ1) is 9.91. The van der Waals surface area contributed by atoms with E-state index in [0.717, 1.165) is 0 Å². The second-order valence-corrected chi connectivity index (χ2v) is 5.05. The van der Waals surface area contributed by atoms with Gasteiger partial charge in [-0.3, -0.25) is 0 Å². The molecule has 1 N–H and O–H groups in total. The summed E-state index contributed by atoms with van der Waals surface area (Å²) < 4.78 is 0. The average molecular weight is 207 g/mol. The molecule has 1 aromatic rings. The molecular formula is C12H17NS. The van der Waals surface area contributed by atoms with Gasteiger partial charge < -0.3 is 5.32 Å². The maximum absolute atomic E-state index is 3.59. The van der Waals surface area contributed by atoms with Crippen LogP contribution < -0.4 is 5.32 Å². The SMILES string of the molecule is CCC1CSc2cc(C)c(C)cc2N1. The molecule has 2 rings (SSSR count). The van der Waals surface area contributed by atoms with Crippen molar-refractivity contribution in [1.82, 2.24) is 0 Å². The molecule has 1 nitrogen and oxygen atoms in total. The van der Waals surface area contributed by atoms with Crippen LogP contribution in [0.1, 0.15) is 24.5 Å². The monoisotopic (exact) mass is 207 g/mol. The minimum absolute atomic E-state index is 0.648. The summed E-state index contributed by atoms with van der Waals surface area (Å²) in [6.45, 7) is 6.60. The van der Waals surface area contributed by atoms with Gasteiger partial charge >= 0.3 is 0 Å². The van der Waals surface area contributed by atoms with Crippen LogP contribution in [0.2, 0.25) is 0 Å². The Kier molecular flexibility index (Phi) is 2.73. The highest BCUT2D eigenvalue weighted by atomic mass is 32.2. The van der Waals surface area contributed by atoms with Gasteiger partial charge in [0.05, 0.1) is 0 Å². The third-order valence-electron chi connectivity index (χ3n) is 2.89. The predicted molar refractivity (Wildman–Crippen MR) is 64.3 cm³/mol. The smallest absolute Gasteiger partial charge is 0.0483 e. The van der Waals surface area contributed by atoms with Crippen molar-refractivity contribution in [2.75, 3.05) is 11.1 Å². The van der Waals surface area contributed by atoms with Crippen molar-refractivity contribution in [1.29, 1.82) is 0 Å². The Bertz CT molecular complexity index is 346. The summed E-state index contributed by atoms with van der Waals surface area (Å²) in [6.07, 6.45) is 1.21. The third-order valence-corrected chi connectivity index (χ3v) is 4.11. The predicted octanol–water partition coefficient (Wildman–Crippen LogP) is 3.60. The summed E-state index contributed by atoms with van der Waals surface area (Å²) in [5, 5.41) is 3.59. The number of nitrogens with one attached hydrogen (secondary N) is 1. The standard InChI is InChI=1S/C12H17NS/c1-4-10-7-14-12-6-9(3)8(2)5-11(12)13-10/h5-6,10,13H,4,7H2,1-3H3. The molecule has 2 heteroatoms. The van der Waals surface area contributed by atoms with Gasteiger partial charge in [0, 0.05) is 22.4 Å². The van der Waals surface area contributed by atoms with E-state index in [1.165, 1.54) is 33.9 Å². The van der Waals surface area contributed by atoms with Crippen molar-refractivity contribution < 1.29 is 0 Å². The number of hydrogen-bond donors (Lipinski definition) is 1. The Labute approximate surface area is 90.3 Å². The lowest BCUT2D eigenvalue weighted by atomic mass is 10.1. The van der Waals surface area contributed by atoms with Gasteiger partial charge in [0.2, 0.25) is 0 Å². The first-order valence-electron chi connectivity index (χ1n) is 5.21. The molecule has 76 valence electrons. The lowest BCUT2D eigenvalue weighted by Gasteiger charge is -2.26. The van der Waals surface area contributed by atoms with E-state index in [1.54, 1.807) is 0 Å². The van der Waals surface area contributed by atoms with Gasteiger partial charge in [-0.15, -0.1) is 11.8 Å². The van der Waals surface area contributed by atoms with Crippen LogP contribution in [-0.2, 0) is 0 Å². The van der Waals surface area contributed by atoms with Crippen molar-refractivity contribution >= 4 is 17.4 Å². The molecule has 1 aliphatic heterocycles. The fraction of sp³-hybridized carbons (Fsp3) is 0.500. The first-order chi connectivity index (χ1) is 6.70. The lowest BCUT2D eigenvalue weighted by molar-refractivity contribution is 0.764. The van der Waals surface area contributed by atoms with Crippen molar-refractivity contribution in [3.05, 3.63) is 23.3 Å². The van der Waals surface area contributed by atoms with Gasteiger partial charge in [0.15, 0.2) is 0 Å². The van der Waals surface area contributed by atoms with Crippen LogP contribution in [0.3, 0.4) is 0 Å². The minimum Gasteiger partial charge on any atom is -0.381 e. The van der Waals surface area contributed by atoms with Gasteiger partial charge in [0.1, 0.15) is 0 Å². The Balaban J connectivity index is 2.33. The van der Waals surface area contributed by atoms with Crippen molar-refractivity contribution in [3.8, 4) is 0 Å². The van der Waals surface area contributed by atoms with Crippen LogP contribution in [0.5, 0.6) is 0 Å². The van der Waals surface area contributed by atoms with Gasteiger partial charge in [-0.25, -0.2) is 0 Å². The number of fused-ring (bicyclic) bond motifs is 1. The van der Waals surface area contributed by atoms with E-state index < -0.39 is 0 Å². The van der Waals surface area contributed by atoms with Crippen LogP contribution in [-0.4, -0.2) is 11.8 Å². The van der Waals surface area contributed by atoms with Crippen molar-refractivity contribution in [2.24, 2.45) is 0 Å². The summed E-state index contributed by atoms with van der Waals surface area (Å²) >= 11 is 1.98. The number of benzene rings is 1. The maximum atomic E-state index is 3.59. The third kappa shape index (κ3) is 1.76. The number of anilines is 1. The molecule has 1 atom stereocenters. The van der Waals surface area contributed by atoms with Gasteiger partial charge in [0.25, 0.3) is 0 Å². The molecule has 0 bridgehead atoms. The number of hydrogen-bond acceptors (Lipinski definition) is 2. The van der Waals surface area contributed by atoms with Crippen molar-refractivity contribution in [3.63, 3.8) is 0 Å². The van der Waals surface area contributed by atoms with E-state index in [9.17, 15) is 0 Å². The molecule has 0 fully saturated rings. The zero-order valence-corrected chi connectivity index (χ0v) is 9.87. The van der Waals surface area contributed by atoms with E-state index in [2.05, 4.69) is 38.2 Å². The first-order valence-corrected chi connectivity index (χ1v) is 6.20. The lowest BCUT2D eigenvalue weighted by Crippen LogP contribution is -2.24. The minimum atomic E-state index is 0.648. The molecule has 0 aliphatic carbocycles. The molecule has 0 radical (unpaired) electrons. The molecule has 0 amide bonds. The molecule has 0 saturated heterocycles. The second kappa shape index (κ2) is 3.85. The Morgan fingerprint density at radius 1 is 1.36 bits per heavy atom. The second-order valence-electron chi connectivity index (χ2n) is 3.99. The largest absolute Gasteiger partial charge is 0.381 e. The Hall–Kier alpha value is -0.630. The summed E-state index contributed by atoms with van der Waals surface area (Å²) in [7, 11) is 0. The average Bonchev–Trinajstić information content (AvgIpc) is 2.19. The molecule has 1 heterocycles. The molecule has 0 aromatic heterocycles. The zero-order chi connectivity index (χ0) is 10.1. The van der Waals surface area contributed by atoms with Gasteiger partial charge in [-0.2, -0.15) is 0 Å². The fourth-order valence-corrected chi connectivity index (χ4v) is 2.93. The van der Waals surface area contributed by atoms with E-state index in [-0.39, 0.29) is 0 Å². The highest BCUT2D eigenvalue weighted by molar-refractivity contribution is 7.99. The van der Waals surface area contributed by atoms with Crippen LogP contribution in [0.25, 0.3) is 0 Å². The van der Waals surface area contributed by atoms with Crippen LogP contribution >= 0.6 is 11.8 Å². The van der Waals surface area contributed by atoms with E-state index in [1.807, 2.05) is 11.8 Å².